The molecule has 1 atom stereocenters. The number of pyridine rings is 1. The zero-order valence-corrected chi connectivity index (χ0v) is 12.5. The molecule has 0 aromatic carbocycles. The summed E-state index contributed by atoms with van der Waals surface area (Å²) >= 11 is 0. The van der Waals surface area contributed by atoms with Gasteiger partial charge in [0.1, 0.15) is 5.82 Å². The lowest BCUT2D eigenvalue weighted by atomic mass is 10.1. The van der Waals surface area contributed by atoms with Crippen molar-refractivity contribution in [3.05, 3.63) is 23.4 Å². The molecule has 1 saturated heterocycles. The number of hydrogen-bond donors (Lipinski definition) is 3. The predicted molar refractivity (Wildman–Crippen MR) is 82.0 cm³/mol. The Hall–Kier alpha value is -1.66. The van der Waals surface area contributed by atoms with E-state index >= 15 is 0 Å². The number of aromatic nitrogens is 1. The molecule has 1 fully saturated rings. The molecule has 1 amide bonds. The second-order valence-corrected chi connectivity index (χ2v) is 5.31. The van der Waals surface area contributed by atoms with Gasteiger partial charge in [0, 0.05) is 24.4 Å². The fraction of sp³-hybridized carbons (Fsp3) is 0.600. The molecular formula is C15H24N4O2. The number of aryl methyl sites for hydroxylation is 1. The number of nitrogens with two attached hydrogens (primary N) is 1. The van der Waals surface area contributed by atoms with Crippen LogP contribution in [0.25, 0.3) is 0 Å². The first-order valence-corrected chi connectivity index (χ1v) is 7.60. The Morgan fingerprint density at radius 2 is 2.38 bits per heavy atom. The smallest absolute Gasteiger partial charge is 0.251 e. The van der Waals surface area contributed by atoms with E-state index in [2.05, 4.69) is 22.7 Å². The normalized spacial score (nSPS) is 17.7. The van der Waals surface area contributed by atoms with Crippen LogP contribution in [0.2, 0.25) is 0 Å². The van der Waals surface area contributed by atoms with Crippen LogP contribution in [0, 0.1) is 0 Å². The van der Waals surface area contributed by atoms with Gasteiger partial charge < -0.3 is 15.5 Å². The number of rotatable bonds is 7. The number of carbonyl (C=O) groups excluding carboxylic acids is 1. The third kappa shape index (κ3) is 4.68. The molecule has 0 spiro atoms. The average Bonchev–Trinajstić information content (AvgIpc) is 3.00. The molecule has 0 bridgehead atoms. The minimum Gasteiger partial charge on any atom is -0.378 e. The summed E-state index contributed by atoms with van der Waals surface area (Å²) in [5, 5.41) is 2.93. The number of nitrogen functional groups attached to an aromatic ring is 1. The molecule has 2 rings (SSSR count). The van der Waals surface area contributed by atoms with Crippen LogP contribution < -0.4 is 16.6 Å². The number of ether oxygens (including phenoxy) is 1. The second-order valence-electron chi connectivity index (χ2n) is 5.31. The summed E-state index contributed by atoms with van der Waals surface area (Å²) in [4.78, 5) is 16.5. The number of amides is 1. The average molecular weight is 292 g/mol. The minimum absolute atomic E-state index is 0.0933. The Morgan fingerprint density at radius 3 is 3.05 bits per heavy atom. The van der Waals surface area contributed by atoms with Crippen molar-refractivity contribution in [3.8, 4) is 0 Å². The summed E-state index contributed by atoms with van der Waals surface area (Å²) in [7, 11) is 0. The highest BCUT2D eigenvalue weighted by Crippen LogP contribution is 2.15. The number of nitrogens with one attached hydrogen (secondary N) is 2. The highest BCUT2D eigenvalue weighted by molar-refractivity contribution is 5.94. The number of nitrogens with zero attached hydrogens (tertiary/aromatic N) is 1. The van der Waals surface area contributed by atoms with Gasteiger partial charge in [-0.2, -0.15) is 0 Å². The summed E-state index contributed by atoms with van der Waals surface area (Å²) < 4.78 is 5.54. The molecule has 2 heterocycles. The van der Waals surface area contributed by atoms with Crippen LogP contribution in [0.3, 0.4) is 0 Å². The Balaban J connectivity index is 1.92. The summed E-state index contributed by atoms with van der Waals surface area (Å²) in [6, 6.07) is 3.49. The van der Waals surface area contributed by atoms with E-state index in [1.807, 2.05) is 6.07 Å². The highest BCUT2D eigenvalue weighted by atomic mass is 16.5. The van der Waals surface area contributed by atoms with E-state index < -0.39 is 0 Å². The minimum atomic E-state index is -0.0933. The van der Waals surface area contributed by atoms with Crippen LogP contribution in [0.5, 0.6) is 0 Å². The Labute approximate surface area is 125 Å². The molecule has 0 aliphatic carbocycles. The van der Waals surface area contributed by atoms with Gasteiger partial charge in [0.15, 0.2) is 0 Å². The van der Waals surface area contributed by atoms with Crippen LogP contribution >= 0.6 is 0 Å². The van der Waals surface area contributed by atoms with Crippen LogP contribution in [-0.2, 0) is 11.2 Å². The van der Waals surface area contributed by atoms with Gasteiger partial charge in [0.25, 0.3) is 5.91 Å². The summed E-state index contributed by atoms with van der Waals surface area (Å²) in [5.74, 6) is 5.83. The lowest BCUT2D eigenvalue weighted by Crippen LogP contribution is -2.27. The fourth-order valence-corrected chi connectivity index (χ4v) is 2.50. The number of hydrazine groups is 1. The van der Waals surface area contributed by atoms with Crippen molar-refractivity contribution in [2.45, 2.75) is 45.1 Å². The van der Waals surface area contributed by atoms with Crippen LogP contribution in [0.15, 0.2) is 12.1 Å². The maximum atomic E-state index is 12.2. The molecule has 116 valence electrons. The topological polar surface area (TPSA) is 89.3 Å². The van der Waals surface area contributed by atoms with E-state index in [1.54, 1.807) is 6.07 Å². The lowest BCUT2D eigenvalue weighted by molar-refractivity contribution is 0.0907. The van der Waals surface area contributed by atoms with E-state index in [4.69, 9.17) is 10.6 Å². The van der Waals surface area contributed by atoms with Gasteiger partial charge in [-0.1, -0.05) is 13.3 Å². The first-order chi connectivity index (χ1) is 10.2. The summed E-state index contributed by atoms with van der Waals surface area (Å²) in [5.41, 5.74) is 3.97. The van der Waals surface area contributed by atoms with Crippen molar-refractivity contribution >= 4 is 11.7 Å². The van der Waals surface area contributed by atoms with Crippen molar-refractivity contribution in [3.63, 3.8) is 0 Å². The Bertz CT molecular complexity index is 473. The zero-order chi connectivity index (χ0) is 15.1. The molecule has 1 aromatic heterocycles. The van der Waals surface area contributed by atoms with Gasteiger partial charge in [-0.3, -0.25) is 4.79 Å². The SMILES string of the molecule is CCCc1cc(C(=O)NCCC2CCCO2)cc(NN)n1. The molecule has 4 N–H and O–H groups in total. The molecule has 0 radical (unpaired) electrons. The molecule has 0 saturated carbocycles. The van der Waals surface area contributed by atoms with Gasteiger partial charge >= 0.3 is 0 Å². The van der Waals surface area contributed by atoms with Gasteiger partial charge in [-0.15, -0.1) is 0 Å². The maximum Gasteiger partial charge on any atom is 0.251 e. The van der Waals surface area contributed by atoms with E-state index in [1.165, 1.54) is 0 Å². The third-order valence-electron chi connectivity index (χ3n) is 3.57. The van der Waals surface area contributed by atoms with Crippen LogP contribution in [0.4, 0.5) is 5.82 Å². The molecule has 21 heavy (non-hydrogen) atoms. The summed E-state index contributed by atoms with van der Waals surface area (Å²) in [6.07, 6.45) is 5.16. The zero-order valence-electron chi connectivity index (χ0n) is 12.5. The fourth-order valence-electron chi connectivity index (χ4n) is 2.50. The van der Waals surface area contributed by atoms with E-state index in [9.17, 15) is 4.79 Å². The van der Waals surface area contributed by atoms with Crippen molar-refractivity contribution in [2.24, 2.45) is 5.84 Å². The molecule has 1 aromatic rings. The Morgan fingerprint density at radius 1 is 1.52 bits per heavy atom. The number of carbonyl (C=O) groups is 1. The van der Waals surface area contributed by atoms with Gasteiger partial charge in [0.2, 0.25) is 0 Å². The number of anilines is 1. The van der Waals surface area contributed by atoms with Crippen molar-refractivity contribution in [2.75, 3.05) is 18.6 Å². The monoisotopic (exact) mass is 292 g/mol. The van der Waals surface area contributed by atoms with Crippen LogP contribution in [-0.4, -0.2) is 30.1 Å². The molecule has 6 heteroatoms. The van der Waals surface area contributed by atoms with Gasteiger partial charge in [0.05, 0.1) is 6.10 Å². The first-order valence-electron chi connectivity index (χ1n) is 7.60. The standard InChI is InChI=1S/C15H24N4O2/c1-2-4-12-9-11(10-14(18-12)19-16)15(20)17-7-6-13-5-3-8-21-13/h9-10,13H,2-8,16H2,1H3,(H,17,20)(H,18,19). The van der Waals surface area contributed by atoms with E-state index in [0.717, 1.165) is 44.4 Å². The maximum absolute atomic E-state index is 12.2. The molecule has 1 unspecified atom stereocenters. The summed E-state index contributed by atoms with van der Waals surface area (Å²) in [6.45, 7) is 3.54. The number of hydrogen-bond acceptors (Lipinski definition) is 5. The molecule has 6 nitrogen and oxygen atoms in total. The van der Waals surface area contributed by atoms with Gasteiger partial charge in [-0.25, -0.2) is 10.8 Å². The van der Waals surface area contributed by atoms with Crippen molar-refractivity contribution < 1.29 is 9.53 Å². The predicted octanol–water partition coefficient (Wildman–Crippen LogP) is 1.62. The second kappa shape index (κ2) is 7.95. The van der Waals surface area contributed by atoms with E-state index in [-0.39, 0.29) is 5.91 Å². The van der Waals surface area contributed by atoms with Crippen molar-refractivity contribution in [1.29, 1.82) is 0 Å². The molecular weight excluding hydrogens is 268 g/mol. The lowest BCUT2D eigenvalue weighted by Gasteiger charge is -2.11. The quantitative estimate of drug-likeness (QED) is 0.525. The van der Waals surface area contributed by atoms with E-state index in [0.29, 0.717) is 24.0 Å². The third-order valence-corrected chi connectivity index (χ3v) is 3.57. The van der Waals surface area contributed by atoms with Crippen LogP contribution in [0.1, 0.15) is 48.7 Å². The molecule has 1 aliphatic heterocycles. The first kappa shape index (κ1) is 15.7. The van der Waals surface area contributed by atoms with Gasteiger partial charge in [-0.05, 0) is 37.8 Å². The largest absolute Gasteiger partial charge is 0.378 e. The van der Waals surface area contributed by atoms with Crippen molar-refractivity contribution in [1.82, 2.24) is 10.3 Å². The Kier molecular flexibility index (Phi) is 5.95. The molecule has 1 aliphatic rings. The highest BCUT2D eigenvalue weighted by Gasteiger charge is 2.16.